The summed E-state index contributed by atoms with van der Waals surface area (Å²) in [5, 5.41) is 99.6. The van der Waals surface area contributed by atoms with E-state index in [2.05, 4.69) is 40.7 Å². The molecule has 0 aromatic rings. The van der Waals surface area contributed by atoms with Crippen molar-refractivity contribution in [3.05, 3.63) is 11.6 Å². The van der Waals surface area contributed by atoms with Gasteiger partial charge in [-0.15, -0.1) is 0 Å². The van der Waals surface area contributed by atoms with Gasteiger partial charge in [0, 0.05) is 0 Å². The first-order chi connectivity index (χ1) is 25.0. The van der Waals surface area contributed by atoms with E-state index in [4.69, 9.17) is 18.9 Å². The Morgan fingerprint density at radius 1 is 0.833 bits per heavy atom. The summed E-state index contributed by atoms with van der Waals surface area (Å²) in [6.07, 6.45) is -7.90. The average Bonchev–Trinajstić information content (AvgIpc) is 3.48. The highest BCUT2D eigenvalue weighted by Gasteiger charge is 2.73. The lowest BCUT2D eigenvalue weighted by Gasteiger charge is -2.72. The van der Waals surface area contributed by atoms with Crippen LogP contribution in [0.5, 0.6) is 0 Å². The fourth-order valence-corrected chi connectivity index (χ4v) is 13.1. The Bertz CT molecular complexity index is 1350. The molecule has 2 heterocycles. The molecule has 6 aliphatic rings. The normalized spacial score (nSPS) is 52.8. The largest absolute Gasteiger partial charge is 0.394 e. The molecule has 0 bridgehead atoms. The Labute approximate surface area is 320 Å². The van der Waals surface area contributed by atoms with E-state index in [9.17, 15) is 46.0 Å². The highest BCUT2D eigenvalue weighted by atomic mass is 16.8. The van der Waals surface area contributed by atoms with Crippen molar-refractivity contribution in [1.29, 1.82) is 0 Å². The van der Waals surface area contributed by atoms with Crippen LogP contribution in [0, 0.1) is 45.3 Å². The van der Waals surface area contributed by atoms with Crippen LogP contribution in [0.3, 0.4) is 0 Å². The van der Waals surface area contributed by atoms with Gasteiger partial charge < -0.3 is 64.9 Å². The van der Waals surface area contributed by atoms with Gasteiger partial charge in [-0.2, -0.15) is 0 Å². The smallest absolute Gasteiger partial charge is 0.187 e. The Kier molecular flexibility index (Phi) is 12.0. The van der Waals surface area contributed by atoms with Crippen molar-refractivity contribution in [1.82, 2.24) is 0 Å². The fourth-order valence-electron chi connectivity index (χ4n) is 13.1. The monoisotopic (exact) mass is 770 g/mol. The number of aliphatic hydroxyl groups excluding tert-OH is 8. The van der Waals surface area contributed by atoms with Crippen LogP contribution in [0.15, 0.2) is 11.6 Å². The summed E-state index contributed by atoms with van der Waals surface area (Å²) in [6.45, 7) is 16.0. The number of fused-ring (bicyclic) bond motifs is 5. The first-order valence-electron chi connectivity index (χ1n) is 20.4. The molecule has 0 aromatic carbocycles. The molecule has 6 rings (SSSR count). The van der Waals surface area contributed by atoms with E-state index in [1.54, 1.807) is 0 Å². The van der Waals surface area contributed by atoms with Crippen molar-refractivity contribution in [3.8, 4) is 0 Å². The third-order valence-electron chi connectivity index (χ3n) is 16.1. The Morgan fingerprint density at radius 2 is 1.52 bits per heavy atom. The minimum absolute atomic E-state index is 0.0443. The highest BCUT2D eigenvalue weighted by Crippen LogP contribution is 2.76. The van der Waals surface area contributed by atoms with Crippen molar-refractivity contribution in [2.45, 2.75) is 186 Å². The van der Waals surface area contributed by atoms with Crippen LogP contribution in [0.2, 0.25) is 0 Å². The molecular formula is C41H70O13. The van der Waals surface area contributed by atoms with Crippen LogP contribution in [-0.4, -0.2) is 138 Å². The van der Waals surface area contributed by atoms with E-state index >= 15 is 0 Å². The molecule has 9 N–H and O–H groups in total. The Morgan fingerprint density at radius 3 is 2.17 bits per heavy atom. The molecule has 0 aromatic heterocycles. The minimum Gasteiger partial charge on any atom is -0.394 e. The molecule has 0 radical (unpaired) electrons. The van der Waals surface area contributed by atoms with Crippen molar-refractivity contribution in [2.75, 3.05) is 13.2 Å². The molecule has 2 aliphatic heterocycles. The molecule has 4 aliphatic carbocycles. The summed E-state index contributed by atoms with van der Waals surface area (Å²) in [4.78, 5) is 0. The van der Waals surface area contributed by atoms with Crippen LogP contribution < -0.4 is 0 Å². The number of rotatable bonds is 9. The van der Waals surface area contributed by atoms with E-state index in [1.165, 1.54) is 5.57 Å². The van der Waals surface area contributed by atoms with Gasteiger partial charge in [0.25, 0.3) is 0 Å². The van der Waals surface area contributed by atoms with Crippen molar-refractivity contribution in [3.63, 3.8) is 0 Å². The maximum Gasteiger partial charge on any atom is 0.187 e. The molecule has 2 saturated heterocycles. The molecule has 0 amide bonds. The maximum absolute atomic E-state index is 12.2. The van der Waals surface area contributed by atoms with Crippen LogP contribution >= 0.6 is 0 Å². The lowest BCUT2D eigenvalue weighted by Crippen LogP contribution is -2.71. The van der Waals surface area contributed by atoms with Gasteiger partial charge in [0.05, 0.1) is 37.1 Å². The zero-order valence-corrected chi connectivity index (χ0v) is 33.5. The number of allylic oxidation sites excluding steroid dienone is 2. The molecule has 4 saturated carbocycles. The molecule has 13 nitrogen and oxygen atoms in total. The molecule has 20 atom stereocenters. The summed E-state index contributed by atoms with van der Waals surface area (Å²) in [5.74, 6) is -0.513. The number of hydrogen-bond donors (Lipinski definition) is 9. The number of ether oxygens (including phenoxy) is 4. The third-order valence-corrected chi connectivity index (χ3v) is 16.1. The van der Waals surface area contributed by atoms with Crippen LogP contribution in [0.1, 0.15) is 107 Å². The quantitative estimate of drug-likeness (QED) is 0.121. The Hall–Kier alpha value is -0.780. The molecule has 0 spiro atoms. The summed E-state index contributed by atoms with van der Waals surface area (Å²) >= 11 is 0. The highest BCUT2D eigenvalue weighted by molar-refractivity contribution is 5.22. The summed E-state index contributed by atoms with van der Waals surface area (Å²) in [7, 11) is 0. The van der Waals surface area contributed by atoms with Gasteiger partial charge in [-0.1, -0.05) is 46.3 Å². The predicted octanol–water partition coefficient (Wildman–Crippen LogP) is 1.76. The molecule has 312 valence electrons. The van der Waals surface area contributed by atoms with E-state index in [-0.39, 0.29) is 30.3 Å². The van der Waals surface area contributed by atoms with Gasteiger partial charge in [-0.05, 0) is 117 Å². The van der Waals surface area contributed by atoms with Gasteiger partial charge in [0.15, 0.2) is 12.6 Å². The van der Waals surface area contributed by atoms with Gasteiger partial charge in [0.2, 0.25) is 0 Å². The first kappa shape index (κ1) is 42.8. The second-order valence-electron chi connectivity index (χ2n) is 19.8. The van der Waals surface area contributed by atoms with E-state index in [0.717, 1.165) is 19.3 Å². The zero-order valence-electron chi connectivity index (χ0n) is 33.5. The van der Waals surface area contributed by atoms with Crippen molar-refractivity contribution in [2.24, 2.45) is 45.3 Å². The zero-order chi connectivity index (χ0) is 39.9. The van der Waals surface area contributed by atoms with E-state index in [1.807, 2.05) is 20.8 Å². The number of aliphatic hydroxyl groups is 9. The van der Waals surface area contributed by atoms with Crippen LogP contribution in [0.4, 0.5) is 0 Å². The minimum atomic E-state index is -1.68. The summed E-state index contributed by atoms with van der Waals surface area (Å²) in [5.41, 5.74) is -1.69. The summed E-state index contributed by atoms with van der Waals surface area (Å²) in [6, 6.07) is 0. The second-order valence-corrected chi connectivity index (χ2v) is 19.8. The first-order valence-corrected chi connectivity index (χ1v) is 20.4. The van der Waals surface area contributed by atoms with E-state index in [0.29, 0.717) is 32.1 Å². The van der Waals surface area contributed by atoms with Gasteiger partial charge >= 0.3 is 0 Å². The lowest BCUT2D eigenvalue weighted by molar-refractivity contribution is -0.377. The van der Waals surface area contributed by atoms with Crippen molar-refractivity contribution < 1.29 is 64.9 Å². The predicted molar refractivity (Wildman–Crippen MR) is 196 cm³/mol. The SMILES string of the molecule is CC(C)=CCC[C@](C)(O)[C@H]1CC[C@]2(C)[C@@H]1[C@@H](O)C[C@H]1[C@@]3(C)CC[C@@H](O)C(C)(C)[C@@H]3[C@@H](O[C@H]3O[C@H](CO)[C@@H](O)[C@@H](O)[C@H]3O[C@H]3OC[C@@H](O)[C@@H](O)[C@H]3O)C[C@]12C. The molecule has 6 fully saturated rings. The molecule has 0 unspecified atom stereocenters. The van der Waals surface area contributed by atoms with Gasteiger partial charge in [0.1, 0.15) is 42.7 Å². The van der Waals surface area contributed by atoms with Crippen LogP contribution in [-0.2, 0) is 18.9 Å². The topological polar surface area (TPSA) is 219 Å². The lowest BCUT2D eigenvalue weighted by atomic mass is 9.34. The van der Waals surface area contributed by atoms with Crippen LogP contribution in [0.25, 0.3) is 0 Å². The molecule has 13 heteroatoms. The fraction of sp³-hybridized carbons (Fsp3) is 0.951. The van der Waals surface area contributed by atoms with Gasteiger partial charge in [-0.3, -0.25) is 0 Å². The Balaban J connectivity index is 1.38. The summed E-state index contributed by atoms with van der Waals surface area (Å²) < 4.78 is 24.8. The standard InChI is InChI=1S/C41H70O13/c1-20(2)10-9-13-41(8,50)21-11-15-39(6)28(21)22(43)16-26-38(5)14-12-27(45)37(3,4)34(38)24(17-40(26,39)7)52-36-33(31(48)30(47)25(18-42)53-36)54-35-32(49)29(46)23(44)19-51-35/h10,21-36,42-50H,9,11-19H2,1-8H3/t21-,22-,23+,24-,25+,26-,27+,28-,29+,30+,31+,32+,33+,34-,35+,36-,38+,39+,40+,41-/m0/s1. The second kappa shape index (κ2) is 15.1. The maximum atomic E-state index is 12.2. The van der Waals surface area contributed by atoms with E-state index < -0.39 is 107 Å². The van der Waals surface area contributed by atoms with Crippen molar-refractivity contribution >= 4 is 0 Å². The van der Waals surface area contributed by atoms with Gasteiger partial charge in [-0.25, -0.2) is 0 Å². The third kappa shape index (κ3) is 6.86. The molecule has 54 heavy (non-hydrogen) atoms. The average molecular weight is 771 g/mol. The number of hydrogen-bond acceptors (Lipinski definition) is 13. The molecular weight excluding hydrogens is 700 g/mol.